The maximum atomic E-state index is 12.0. The zero-order valence-electron chi connectivity index (χ0n) is 12.8. The summed E-state index contributed by atoms with van der Waals surface area (Å²) < 4.78 is 0. The van der Waals surface area contributed by atoms with Gasteiger partial charge in [-0.05, 0) is 36.9 Å². The molecule has 1 amide bonds. The summed E-state index contributed by atoms with van der Waals surface area (Å²) in [5.41, 5.74) is 1.11. The Morgan fingerprint density at radius 1 is 1.48 bits per heavy atom. The van der Waals surface area contributed by atoms with E-state index in [1.165, 1.54) is 6.42 Å². The van der Waals surface area contributed by atoms with Crippen molar-refractivity contribution in [2.45, 2.75) is 26.7 Å². The minimum absolute atomic E-state index is 0.0225. The van der Waals surface area contributed by atoms with E-state index in [1.54, 1.807) is 18.2 Å². The molecule has 1 atom stereocenters. The first-order valence-electron chi connectivity index (χ1n) is 7.61. The minimum Gasteiger partial charge on any atom is -0.325 e. The van der Waals surface area contributed by atoms with Crippen molar-refractivity contribution in [2.75, 3.05) is 25.0 Å². The van der Waals surface area contributed by atoms with Crippen molar-refractivity contribution < 1.29 is 4.79 Å². The summed E-state index contributed by atoms with van der Waals surface area (Å²) in [7, 11) is 0. The van der Waals surface area contributed by atoms with Crippen molar-refractivity contribution in [2.24, 2.45) is 11.8 Å². The van der Waals surface area contributed by atoms with Crippen LogP contribution in [-0.2, 0) is 4.79 Å². The van der Waals surface area contributed by atoms with Crippen molar-refractivity contribution in [3.63, 3.8) is 0 Å². The number of benzene rings is 1. The Morgan fingerprint density at radius 2 is 2.24 bits per heavy atom. The lowest BCUT2D eigenvalue weighted by Crippen LogP contribution is -2.26. The molecule has 2 rings (SSSR count). The highest BCUT2D eigenvalue weighted by Gasteiger charge is 2.24. The third-order valence-electron chi connectivity index (χ3n) is 4.23. The Hall–Kier alpha value is -1.86. The minimum atomic E-state index is -0.0225. The molecule has 0 radical (unpaired) electrons. The maximum absolute atomic E-state index is 12.0. The van der Waals surface area contributed by atoms with Crippen LogP contribution >= 0.6 is 0 Å². The van der Waals surface area contributed by atoms with Crippen LogP contribution in [0.1, 0.15) is 32.3 Å². The van der Waals surface area contributed by atoms with Crippen LogP contribution in [0, 0.1) is 23.2 Å². The van der Waals surface area contributed by atoms with E-state index in [-0.39, 0.29) is 5.91 Å². The molecule has 0 saturated carbocycles. The lowest BCUT2D eigenvalue weighted by Gasteiger charge is -2.17. The predicted octanol–water partition coefficient (Wildman–Crippen LogP) is 2.86. The van der Waals surface area contributed by atoms with Crippen molar-refractivity contribution in [1.82, 2.24) is 4.90 Å². The fourth-order valence-electron chi connectivity index (χ4n) is 2.77. The number of hydrogen-bond acceptors (Lipinski definition) is 3. The summed E-state index contributed by atoms with van der Waals surface area (Å²) >= 11 is 0. The molecule has 4 nitrogen and oxygen atoms in total. The van der Waals surface area contributed by atoms with Crippen molar-refractivity contribution in [3.8, 4) is 6.07 Å². The summed E-state index contributed by atoms with van der Waals surface area (Å²) in [6.45, 7) is 7.51. The number of nitrogens with zero attached hydrogens (tertiary/aromatic N) is 2. The number of amides is 1. The van der Waals surface area contributed by atoms with Gasteiger partial charge in [-0.15, -0.1) is 0 Å². The van der Waals surface area contributed by atoms with Crippen molar-refractivity contribution in [3.05, 3.63) is 29.8 Å². The Bertz CT molecular complexity index is 533. The van der Waals surface area contributed by atoms with E-state index < -0.39 is 0 Å². The van der Waals surface area contributed by atoms with Crippen molar-refractivity contribution in [1.29, 1.82) is 5.26 Å². The maximum Gasteiger partial charge on any atom is 0.225 e. The van der Waals surface area contributed by atoms with E-state index in [9.17, 15) is 4.79 Å². The normalized spacial score (nSPS) is 18.7. The molecule has 1 aliphatic heterocycles. The molecule has 0 aromatic heterocycles. The smallest absolute Gasteiger partial charge is 0.225 e. The standard InChI is InChI=1S/C17H23N3O/c1-13(2)15-7-9-20(12-15)10-8-17(21)19-16-6-4-3-5-14(16)11-18/h3-6,13,15H,7-10,12H2,1-2H3,(H,19,21). The fourth-order valence-corrected chi connectivity index (χ4v) is 2.77. The van der Waals surface area contributed by atoms with E-state index in [2.05, 4.69) is 30.1 Å². The van der Waals surface area contributed by atoms with Gasteiger partial charge in [-0.25, -0.2) is 0 Å². The monoisotopic (exact) mass is 285 g/mol. The summed E-state index contributed by atoms with van der Waals surface area (Å²) in [6.07, 6.45) is 1.71. The second-order valence-corrected chi connectivity index (χ2v) is 6.05. The molecule has 1 N–H and O–H groups in total. The highest BCUT2D eigenvalue weighted by molar-refractivity contribution is 5.92. The van der Waals surface area contributed by atoms with Gasteiger partial charge >= 0.3 is 0 Å². The van der Waals surface area contributed by atoms with Gasteiger partial charge in [0.15, 0.2) is 0 Å². The van der Waals surface area contributed by atoms with Gasteiger partial charge in [-0.1, -0.05) is 26.0 Å². The van der Waals surface area contributed by atoms with Crippen LogP contribution in [0.15, 0.2) is 24.3 Å². The highest BCUT2D eigenvalue weighted by Crippen LogP contribution is 2.23. The fraction of sp³-hybridized carbons (Fsp3) is 0.529. The molecule has 1 saturated heterocycles. The quantitative estimate of drug-likeness (QED) is 0.905. The number of carbonyl (C=O) groups is 1. The number of hydrogen-bond donors (Lipinski definition) is 1. The lowest BCUT2D eigenvalue weighted by molar-refractivity contribution is -0.116. The molecular formula is C17H23N3O. The third-order valence-corrected chi connectivity index (χ3v) is 4.23. The van der Waals surface area contributed by atoms with Gasteiger partial charge in [0, 0.05) is 19.5 Å². The van der Waals surface area contributed by atoms with Gasteiger partial charge in [0.05, 0.1) is 11.3 Å². The molecule has 1 aliphatic rings. The molecule has 1 unspecified atom stereocenters. The molecule has 0 bridgehead atoms. The number of nitriles is 1. The summed E-state index contributed by atoms with van der Waals surface area (Å²) in [4.78, 5) is 14.4. The average molecular weight is 285 g/mol. The summed E-state index contributed by atoms with van der Waals surface area (Å²) in [5, 5.41) is 11.8. The average Bonchev–Trinajstić information content (AvgIpc) is 2.95. The first-order chi connectivity index (χ1) is 10.1. The summed E-state index contributed by atoms with van der Waals surface area (Å²) in [5.74, 6) is 1.45. The van der Waals surface area contributed by atoms with Crippen LogP contribution in [0.2, 0.25) is 0 Å². The van der Waals surface area contributed by atoms with Crippen LogP contribution in [0.25, 0.3) is 0 Å². The molecule has 4 heteroatoms. The molecule has 1 heterocycles. The highest BCUT2D eigenvalue weighted by atomic mass is 16.1. The second kappa shape index (κ2) is 7.24. The van der Waals surface area contributed by atoms with E-state index in [1.807, 2.05) is 6.07 Å². The molecule has 1 fully saturated rings. The predicted molar refractivity (Wildman–Crippen MR) is 83.8 cm³/mol. The number of anilines is 1. The number of likely N-dealkylation sites (tertiary alicyclic amines) is 1. The van der Waals surface area contributed by atoms with E-state index in [4.69, 9.17) is 5.26 Å². The van der Waals surface area contributed by atoms with Crippen molar-refractivity contribution >= 4 is 11.6 Å². The molecule has 112 valence electrons. The van der Waals surface area contributed by atoms with E-state index in [0.717, 1.165) is 25.6 Å². The number of para-hydroxylation sites is 1. The largest absolute Gasteiger partial charge is 0.325 e. The molecule has 0 spiro atoms. The molecule has 0 aliphatic carbocycles. The van der Waals surface area contributed by atoms with Gasteiger partial charge in [0.1, 0.15) is 6.07 Å². The van der Waals surface area contributed by atoms with E-state index >= 15 is 0 Å². The van der Waals surface area contributed by atoms with Crippen LogP contribution in [-0.4, -0.2) is 30.4 Å². The zero-order valence-corrected chi connectivity index (χ0v) is 12.8. The van der Waals surface area contributed by atoms with Gasteiger partial charge < -0.3 is 10.2 Å². The van der Waals surface area contributed by atoms with E-state index in [0.29, 0.717) is 23.6 Å². The van der Waals surface area contributed by atoms with Crippen LogP contribution in [0.3, 0.4) is 0 Å². The zero-order chi connectivity index (χ0) is 15.2. The Labute approximate surface area is 126 Å². The number of carbonyl (C=O) groups excluding carboxylic acids is 1. The van der Waals surface area contributed by atoms with Gasteiger partial charge in [0.25, 0.3) is 0 Å². The van der Waals surface area contributed by atoms with Crippen LogP contribution in [0.5, 0.6) is 0 Å². The topological polar surface area (TPSA) is 56.1 Å². The molecule has 1 aromatic rings. The summed E-state index contributed by atoms with van der Waals surface area (Å²) in [6, 6.07) is 9.19. The van der Waals surface area contributed by atoms with Crippen LogP contribution in [0.4, 0.5) is 5.69 Å². The second-order valence-electron chi connectivity index (χ2n) is 6.05. The van der Waals surface area contributed by atoms with Gasteiger partial charge in [0.2, 0.25) is 5.91 Å². The Kier molecular flexibility index (Phi) is 5.35. The number of nitrogens with one attached hydrogen (secondary N) is 1. The molecule has 1 aromatic carbocycles. The SMILES string of the molecule is CC(C)C1CCN(CCC(=O)Nc2ccccc2C#N)C1. The third kappa shape index (κ3) is 4.30. The lowest BCUT2D eigenvalue weighted by atomic mass is 9.95. The number of rotatable bonds is 5. The van der Waals surface area contributed by atoms with Crippen LogP contribution < -0.4 is 5.32 Å². The van der Waals surface area contributed by atoms with Gasteiger partial charge in [-0.3, -0.25) is 4.79 Å². The molecule has 21 heavy (non-hydrogen) atoms. The van der Waals surface area contributed by atoms with Gasteiger partial charge in [-0.2, -0.15) is 5.26 Å². The first kappa shape index (κ1) is 15.5. The first-order valence-corrected chi connectivity index (χ1v) is 7.61. The Morgan fingerprint density at radius 3 is 2.90 bits per heavy atom. The molecular weight excluding hydrogens is 262 g/mol. The Balaban J connectivity index is 1.80.